The lowest BCUT2D eigenvalue weighted by atomic mass is 10.0. The highest BCUT2D eigenvalue weighted by atomic mass is 19.1. The highest BCUT2D eigenvalue weighted by Gasteiger charge is 2.19. The average Bonchev–Trinajstić information content (AvgIpc) is 2.63. The summed E-state index contributed by atoms with van der Waals surface area (Å²) in [6.45, 7) is 5.92. The summed E-state index contributed by atoms with van der Waals surface area (Å²) in [6.07, 6.45) is 1.79. The van der Waals surface area contributed by atoms with Crippen LogP contribution in [0, 0.1) is 5.82 Å². The predicted octanol–water partition coefficient (Wildman–Crippen LogP) is 4.33. The van der Waals surface area contributed by atoms with E-state index in [-0.39, 0.29) is 24.1 Å². The molecule has 0 atom stereocenters. The molecular weight excluding hydrogens is 331 g/mol. The fourth-order valence-electron chi connectivity index (χ4n) is 2.96. The smallest absolute Gasteiger partial charge is 0.226 e. The van der Waals surface area contributed by atoms with Gasteiger partial charge in [-0.3, -0.25) is 9.59 Å². The van der Waals surface area contributed by atoms with Gasteiger partial charge in [0.15, 0.2) is 0 Å². The number of aryl methyl sites for hydroxylation is 2. The fourth-order valence-corrected chi connectivity index (χ4v) is 2.96. The summed E-state index contributed by atoms with van der Waals surface area (Å²) < 4.78 is 12.9. The van der Waals surface area contributed by atoms with Gasteiger partial charge in [0, 0.05) is 31.3 Å². The van der Waals surface area contributed by atoms with Gasteiger partial charge in [-0.25, -0.2) is 4.39 Å². The van der Waals surface area contributed by atoms with Crippen molar-refractivity contribution in [1.82, 2.24) is 0 Å². The zero-order valence-electron chi connectivity index (χ0n) is 15.5. The maximum absolute atomic E-state index is 12.9. The molecule has 2 aromatic rings. The van der Waals surface area contributed by atoms with Gasteiger partial charge in [0.25, 0.3) is 0 Å². The molecule has 0 aliphatic heterocycles. The Kier molecular flexibility index (Phi) is 6.89. The third-order valence-electron chi connectivity index (χ3n) is 4.31. The number of anilines is 2. The minimum atomic E-state index is -0.353. The monoisotopic (exact) mass is 356 g/mol. The van der Waals surface area contributed by atoms with Crippen molar-refractivity contribution >= 4 is 23.2 Å². The minimum absolute atomic E-state index is 0.0878. The van der Waals surface area contributed by atoms with Crippen LogP contribution < -0.4 is 10.2 Å². The molecule has 138 valence electrons. The summed E-state index contributed by atoms with van der Waals surface area (Å²) in [7, 11) is 0. The van der Waals surface area contributed by atoms with Crippen molar-refractivity contribution in [1.29, 1.82) is 0 Å². The van der Waals surface area contributed by atoms with E-state index in [9.17, 15) is 14.0 Å². The molecule has 2 amide bonds. The van der Waals surface area contributed by atoms with Crippen LogP contribution >= 0.6 is 0 Å². The summed E-state index contributed by atoms with van der Waals surface area (Å²) in [4.78, 5) is 26.1. The minimum Gasteiger partial charge on any atom is -0.326 e. The molecule has 0 radical (unpaired) electrons. The highest BCUT2D eigenvalue weighted by molar-refractivity contribution is 5.96. The lowest BCUT2D eigenvalue weighted by molar-refractivity contribution is -0.117. The van der Waals surface area contributed by atoms with Crippen LogP contribution in [0.3, 0.4) is 0 Å². The summed E-state index contributed by atoms with van der Waals surface area (Å²) in [5.41, 5.74) is 3.64. The van der Waals surface area contributed by atoms with E-state index in [4.69, 9.17) is 0 Å². The van der Waals surface area contributed by atoms with E-state index in [1.54, 1.807) is 4.90 Å². The largest absolute Gasteiger partial charge is 0.326 e. The van der Waals surface area contributed by atoms with Crippen LogP contribution in [-0.2, 0) is 22.4 Å². The summed E-state index contributed by atoms with van der Waals surface area (Å²) in [5.74, 6) is -0.654. The number of amides is 2. The van der Waals surface area contributed by atoms with Crippen LogP contribution in [0.5, 0.6) is 0 Å². The summed E-state index contributed by atoms with van der Waals surface area (Å²) >= 11 is 0. The van der Waals surface area contributed by atoms with E-state index in [1.165, 1.54) is 31.2 Å². The molecule has 0 saturated heterocycles. The molecule has 2 aromatic carbocycles. The number of nitrogens with one attached hydrogen (secondary N) is 1. The first kappa shape index (κ1) is 19.6. The maximum Gasteiger partial charge on any atom is 0.226 e. The van der Waals surface area contributed by atoms with Gasteiger partial charge in [0.1, 0.15) is 5.82 Å². The number of hydrogen-bond donors (Lipinski definition) is 1. The number of halogens is 1. The van der Waals surface area contributed by atoms with Gasteiger partial charge in [-0.2, -0.15) is 0 Å². The molecule has 0 aromatic heterocycles. The van der Waals surface area contributed by atoms with Crippen molar-refractivity contribution in [2.24, 2.45) is 0 Å². The zero-order valence-corrected chi connectivity index (χ0v) is 15.5. The van der Waals surface area contributed by atoms with Crippen LogP contribution in [0.4, 0.5) is 15.8 Å². The number of para-hydroxylation sites is 1. The van der Waals surface area contributed by atoms with Gasteiger partial charge in [0.05, 0.1) is 0 Å². The molecule has 0 bridgehead atoms. The Labute approximate surface area is 154 Å². The molecule has 0 heterocycles. The molecule has 0 aliphatic rings. The van der Waals surface area contributed by atoms with Gasteiger partial charge in [-0.05, 0) is 48.2 Å². The quantitative estimate of drug-likeness (QED) is 0.803. The number of rotatable bonds is 7. The molecule has 2 rings (SSSR count). The van der Waals surface area contributed by atoms with Crippen molar-refractivity contribution in [2.75, 3.05) is 16.8 Å². The van der Waals surface area contributed by atoms with Crippen molar-refractivity contribution in [3.8, 4) is 0 Å². The normalized spacial score (nSPS) is 10.5. The highest BCUT2D eigenvalue weighted by Crippen LogP contribution is 2.27. The van der Waals surface area contributed by atoms with E-state index in [0.717, 1.165) is 29.7 Å². The van der Waals surface area contributed by atoms with E-state index in [1.807, 2.05) is 18.2 Å². The van der Waals surface area contributed by atoms with Gasteiger partial charge in [0.2, 0.25) is 11.8 Å². The second-order valence-electron chi connectivity index (χ2n) is 6.11. The Bertz CT molecular complexity index is 750. The van der Waals surface area contributed by atoms with Gasteiger partial charge < -0.3 is 10.2 Å². The number of carbonyl (C=O) groups excluding carboxylic acids is 2. The van der Waals surface area contributed by atoms with Gasteiger partial charge >= 0.3 is 0 Å². The fraction of sp³-hybridized carbons (Fsp3) is 0.333. The summed E-state index contributed by atoms with van der Waals surface area (Å²) in [6, 6.07) is 11.6. The first-order chi connectivity index (χ1) is 12.5. The predicted molar refractivity (Wildman–Crippen MR) is 103 cm³/mol. The van der Waals surface area contributed by atoms with E-state index in [0.29, 0.717) is 12.2 Å². The molecule has 5 heteroatoms. The Balaban J connectivity index is 2.13. The van der Waals surface area contributed by atoms with Crippen LogP contribution in [0.25, 0.3) is 0 Å². The van der Waals surface area contributed by atoms with Crippen LogP contribution in [0.1, 0.15) is 38.3 Å². The standard InChI is InChI=1S/C21H25FN2O2/c1-4-16-7-6-8-17(5-2)21(16)24(15(3)25)14-13-20(26)23-19-11-9-18(22)10-12-19/h6-12H,4-5,13-14H2,1-3H3,(H,23,26). The van der Waals surface area contributed by atoms with E-state index < -0.39 is 0 Å². The molecule has 0 fully saturated rings. The first-order valence-electron chi connectivity index (χ1n) is 8.90. The summed E-state index contributed by atoms with van der Waals surface area (Å²) in [5, 5.41) is 2.73. The van der Waals surface area contributed by atoms with Crippen molar-refractivity contribution in [2.45, 2.75) is 40.0 Å². The SMILES string of the molecule is CCc1cccc(CC)c1N(CCC(=O)Nc1ccc(F)cc1)C(C)=O. The van der Waals surface area contributed by atoms with E-state index in [2.05, 4.69) is 19.2 Å². The molecule has 1 N–H and O–H groups in total. The van der Waals surface area contributed by atoms with Crippen LogP contribution in [0.15, 0.2) is 42.5 Å². The number of carbonyl (C=O) groups is 2. The molecule has 26 heavy (non-hydrogen) atoms. The van der Waals surface area contributed by atoms with Crippen LogP contribution in [-0.4, -0.2) is 18.4 Å². The van der Waals surface area contributed by atoms with E-state index >= 15 is 0 Å². The Hall–Kier alpha value is -2.69. The van der Waals surface area contributed by atoms with Crippen molar-refractivity contribution < 1.29 is 14.0 Å². The van der Waals surface area contributed by atoms with Crippen molar-refractivity contribution in [3.63, 3.8) is 0 Å². The van der Waals surface area contributed by atoms with Gasteiger partial charge in [-0.15, -0.1) is 0 Å². The lowest BCUT2D eigenvalue weighted by Gasteiger charge is -2.26. The third-order valence-corrected chi connectivity index (χ3v) is 4.31. The Morgan fingerprint density at radius 3 is 2.08 bits per heavy atom. The molecule has 0 saturated carbocycles. The molecule has 0 aliphatic carbocycles. The van der Waals surface area contributed by atoms with Gasteiger partial charge in [-0.1, -0.05) is 32.0 Å². The topological polar surface area (TPSA) is 49.4 Å². The number of hydrogen-bond acceptors (Lipinski definition) is 2. The maximum atomic E-state index is 12.9. The molecular formula is C21H25FN2O2. The van der Waals surface area contributed by atoms with Crippen molar-refractivity contribution in [3.05, 3.63) is 59.4 Å². The first-order valence-corrected chi connectivity index (χ1v) is 8.90. The molecule has 4 nitrogen and oxygen atoms in total. The molecule has 0 spiro atoms. The number of nitrogens with zero attached hydrogens (tertiary/aromatic N) is 1. The average molecular weight is 356 g/mol. The third kappa shape index (κ3) is 4.91. The van der Waals surface area contributed by atoms with Crippen LogP contribution in [0.2, 0.25) is 0 Å². The second kappa shape index (κ2) is 9.13. The lowest BCUT2D eigenvalue weighted by Crippen LogP contribution is -2.33. The Morgan fingerprint density at radius 1 is 1.00 bits per heavy atom. The number of benzene rings is 2. The zero-order chi connectivity index (χ0) is 19.1. The second-order valence-corrected chi connectivity index (χ2v) is 6.11. The molecule has 0 unspecified atom stereocenters. The Morgan fingerprint density at radius 2 is 1.58 bits per heavy atom.